The quantitative estimate of drug-likeness (QED) is 0.325. The zero-order valence-corrected chi connectivity index (χ0v) is 16.0. The number of sulfone groups is 1. The number of hydrogen-bond donors (Lipinski definition) is 3. The van der Waals surface area contributed by atoms with E-state index in [1.165, 1.54) is 54.6 Å². The first-order valence-corrected chi connectivity index (χ1v) is 10.3. The topological polar surface area (TPSA) is 112 Å². The summed E-state index contributed by atoms with van der Waals surface area (Å²) in [7, 11) is -3.64. The Morgan fingerprint density at radius 1 is 0.897 bits per heavy atom. The van der Waals surface area contributed by atoms with Crippen LogP contribution in [0.3, 0.4) is 0 Å². The molecule has 0 aromatic heterocycles. The molecule has 0 fully saturated rings. The van der Waals surface area contributed by atoms with Crippen LogP contribution in [0.4, 0.5) is 0 Å². The molecule has 0 radical (unpaired) electrons. The van der Waals surface area contributed by atoms with E-state index in [4.69, 9.17) is 0 Å². The second-order valence-corrected chi connectivity index (χ2v) is 8.36. The number of hydrogen-bond acceptors (Lipinski definition) is 6. The summed E-state index contributed by atoms with van der Waals surface area (Å²) < 4.78 is 25.1. The van der Waals surface area contributed by atoms with E-state index in [0.717, 1.165) is 0 Å². The Morgan fingerprint density at radius 3 is 2.31 bits per heavy atom. The highest BCUT2D eigenvalue weighted by Crippen LogP contribution is 2.29. The molecule has 3 N–H and O–H groups in total. The summed E-state index contributed by atoms with van der Waals surface area (Å²) >= 11 is 0. The first kappa shape index (κ1) is 20.2. The number of phenols is 3. The van der Waals surface area contributed by atoms with Gasteiger partial charge in [-0.1, -0.05) is 30.3 Å². The van der Waals surface area contributed by atoms with Crippen molar-refractivity contribution in [2.45, 2.75) is 10.6 Å². The van der Waals surface area contributed by atoms with Crippen LogP contribution in [0.1, 0.15) is 21.5 Å². The van der Waals surface area contributed by atoms with Gasteiger partial charge in [-0.05, 0) is 54.1 Å². The number of para-hydroxylation sites is 1. The molecule has 0 aliphatic carbocycles. The van der Waals surface area contributed by atoms with Crippen LogP contribution in [0.15, 0.2) is 77.7 Å². The molecular weight excluding hydrogens is 392 g/mol. The predicted molar refractivity (Wildman–Crippen MR) is 109 cm³/mol. The maximum absolute atomic E-state index is 12.5. The molecule has 29 heavy (non-hydrogen) atoms. The minimum Gasteiger partial charge on any atom is -0.508 e. The number of rotatable bonds is 6. The fraction of sp³-hybridized carbons (Fsp3) is 0.0455. The SMILES string of the molecule is O=C(/C=C/c1cccc(O)c1O)c1cccc(CS(=O)(=O)c2ccc(O)cc2)c1. The van der Waals surface area contributed by atoms with Crippen molar-refractivity contribution in [2.24, 2.45) is 0 Å². The second-order valence-electron chi connectivity index (χ2n) is 6.37. The molecule has 7 heteroatoms. The number of ketones is 1. The third-order valence-corrected chi connectivity index (χ3v) is 5.93. The van der Waals surface area contributed by atoms with Gasteiger partial charge in [0.15, 0.2) is 27.1 Å². The molecule has 0 aliphatic rings. The van der Waals surface area contributed by atoms with Gasteiger partial charge in [-0.25, -0.2) is 8.42 Å². The number of phenolic OH excluding ortho intramolecular Hbond substituents is 3. The van der Waals surface area contributed by atoms with Gasteiger partial charge in [-0.3, -0.25) is 4.79 Å². The smallest absolute Gasteiger partial charge is 0.185 e. The normalized spacial score (nSPS) is 11.6. The Hall–Kier alpha value is -3.58. The average molecular weight is 410 g/mol. The molecule has 6 nitrogen and oxygen atoms in total. The minimum atomic E-state index is -3.64. The Morgan fingerprint density at radius 2 is 1.59 bits per heavy atom. The third kappa shape index (κ3) is 4.83. The summed E-state index contributed by atoms with van der Waals surface area (Å²) in [6.07, 6.45) is 2.61. The molecule has 0 saturated heterocycles. The summed E-state index contributed by atoms with van der Waals surface area (Å²) in [5.74, 6) is -1.32. The molecule has 0 heterocycles. The lowest BCUT2D eigenvalue weighted by Crippen LogP contribution is -2.06. The van der Waals surface area contributed by atoms with Crippen molar-refractivity contribution in [3.8, 4) is 17.2 Å². The fourth-order valence-electron chi connectivity index (χ4n) is 2.72. The molecule has 3 aromatic carbocycles. The van der Waals surface area contributed by atoms with Crippen LogP contribution in [0.2, 0.25) is 0 Å². The molecule has 0 bridgehead atoms. The summed E-state index contributed by atoms with van der Waals surface area (Å²) in [6.45, 7) is 0. The fourth-order valence-corrected chi connectivity index (χ4v) is 4.05. The predicted octanol–water partition coefficient (Wildman–Crippen LogP) is 3.67. The second kappa shape index (κ2) is 8.20. The minimum absolute atomic E-state index is 0.0268. The molecule has 3 rings (SSSR count). The van der Waals surface area contributed by atoms with E-state index in [9.17, 15) is 28.5 Å². The van der Waals surface area contributed by atoms with Crippen LogP contribution in [0.5, 0.6) is 17.2 Å². The standard InChI is InChI=1S/C22H18O6S/c23-18-8-10-19(11-9-18)29(27,28)14-15-3-1-5-17(13-15)20(24)12-7-16-4-2-6-21(25)22(16)26/h1-13,23,25-26H,14H2/b12-7+. The lowest BCUT2D eigenvalue weighted by Gasteiger charge is -2.06. The maximum Gasteiger partial charge on any atom is 0.185 e. The molecule has 3 aromatic rings. The van der Waals surface area contributed by atoms with Gasteiger partial charge >= 0.3 is 0 Å². The van der Waals surface area contributed by atoms with Gasteiger partial charge in [0.25, 0.3) is 0 Å². The Kier molecular flexibility index (Phi) is 5.70. The largest absolute Gasteiger partial charge is 0.508 e. The maximum atomic E-state index is 12.5. The molecule has 0 spiro atoms. The third-order valence-electron chi connectivity index (χ3n) is 4.22. The zero-order valence-electron chi connectivity index (χ0n) is 15.2. The van der Waals surface area contributed by atoms with E-state index in [1.807, 2.05) is 0 Å². The van der Waals surface area contributed by atoms with Crippen molar-refractivity contribution in [3.05, 3.63) is 89.5 Å². The molecule has 0 aliphatic heterocycles. The van der Waals surface area contributed by atoms with Gasteiger partial charge < -0.3 is 15.3 Å². The van der Waals surface area contributed by atoms with E-state index in [1.54, 1.807) is 24.3 Å². The van der Waals surface area contributed by atoms with E-state index < -0.39 is 9.84 Å². The summed E-state index contributed by atoms with van der Waals surface area (Å²) in [5, 5.41) is 28.6. The Bertz CT molecular complexity index is 1180. The summed E-state index contributed by atoms with van der Waals surface area (Å²) in [4.78, 5) is 12.5. The number of allylic oxidation sites excluding steroid dienone is 1. The van der Waals surface area contributed by atoms with Crippen molar-refractivity contribution in [1.82, 2.24) is 0 Å². The molecular formula is C22H18O6S. The number of aromatic hydroxyl groups is 3. The highest BCUT2D eigenvalue weighted by Gasteiger charge is 2.16. The highest BCUT2D eigenvalue weighted by molar-refractivity contribution is 7.90. The highest BCUT2D eigenvalue weighted by atomic mass is 32.2. The molecule has 0 amide bonds. The summed E-state index contributed by atoms with van der Waals surface area (Å²) in [5.41, 5.74) is 1.02. The van der Waals surface area contributed by atoms with E-state index >= 15 is 0 Å². The van der Waals surface area contributed by atoms with E-state index in [0.29, 0.717) is 11.1 Å². The van der Waals surface area contributed by atoms with E-state index in [-0.39, 0.29) is 39.2 Å². The molecule has 148 valence electrons. The van der Waals surface area contributed by atoms with Crippen LogP contribution in [0, 0.1) is 0 Å². The first-order chi connectivity index (χ1) is 13.8. The number of benzene rings is 3. The van der Waals surface area contributed by atoms with Gasteiger partial charge in [0.05, 0.1) is 10.6 Å². The zero-order chi connectivity index (χ0) is 21.0. The van der Waals surface area contributed by atoms with Crippen molar-refractivity contribution >= 4 is 21.7 Å². The van der Waals surface area contributed by atoms with Crippen LogP contribution in [-0.2, 0) is 15.6 Å². The monoisotopic (exact) mass is 410 g/mol. The van der Waals surface area contributed by atoms with Crippen LogP contribution in [0.25, 0.3) is 6.08 Å². The molecule has 0 saturated carbocycles. The molecule has 0 unspecified atom stereocenters. The van der Waals surface area contributed by atoms with Crippen LogP contribution < -0.4 is 0 Å². The van der Waals surface area contributed by atoms with Crippen molar-refractivity contribution < 1.29 is 28.5 Å². The van der Waals surface area contributed by atoms with Gasteiger partial charge in [0.2, 0.25) is 0 Å². The van der Waals surface area contributed by atoms with Gasteiger partial charge in [-0.2, -0.15) is 0 Å². The average Bonchev–Trinajstić information content (AvgIpc) is 2.69. The summed E-state index contributed by atoms with van der Waals surface area (Å²) in [6, 6.07) is 15.9. The van der Waals surface area contributed by atoms with Crippen molar-refractivity contribution in [3.63, 3.8) is 0 Å². The Labute approximate surface area is 167 Å². The number of carbonyl (C=O) groups is 1. The van der Waals surface area contributed by atoms with Crippen LogP contribution in [-0.4, -0.2) is 29.5 Å². The number of carbonyl (C=O) groups excluding carboxylic acids is 1. The van der Waals surface area contributed by atoms with Crippen molar-refractivity contribution in [2.75, 3.05) is 0 Å². The lowest BCUT2D eigenvalue weighted by atomic mass is 10.1. The van der Waals surface area contributed by atoms with Crippen LogP contribution >= 0.6 is 0 Å². The Balaban J connectivity index is 1.80. The lowest BCUT2D eigenvalue weighted by molar-refractivity contribution is 0.104. The van der Waals surface area contributed by atoms with E-state index in [2.05, 4.69) is 0 Å². The van der Waals surface area contributed by atoms with Gasteiger partial charge in [-0.15, -0.1) is 0 Å². The van der Waals surface area contributed by atoms with Gasteiger partial charge in [0, 0.05) is 11.1 Å². The van der Waals surface area contributed by atoms with Crippen molar-refractivity contribution in [1.29, 1.82) is 0 Å². The molecule has 0 atom stereocenters. The first-order valence-electron chi connectivity index (χ1n) is 8.60. The van der Waals surface area contributed by atoms with Gasteiger partial charge in [0.1, 0.15) is 5.75 Å².